The van der Waals surface area contributed by atoms with Crippen LogP contribution in [-0.2, 0) is 0 Å². The zero-order valence-electron chi connectivity index (χ0n) is 7.97. The SMILES string of the molecule is [c]1ccc2oc(-c3cccnc3)cc2c1. The quantitative estimate of drug-likeness (QED) is 0.594. The minimum absolute atomic E-state index is 0.845. The first-order valence-corrected chi connectivity index (χ1v) is 4.73. The molecule has 3 aromatic rings. The van der Waals surface area contributed by atoms with Crippen LogP contribution in [0.3, 0.4) is 0 Å². The van der Waals surface area contributed by atoms with E-state index in [0.717, 1.165) is 22.3 Å². The maximum atomic E-state index is 5.69. The van der Waals surface area contributed by atoms with Gasteiger partial charge in [0, 0.05) is 23.3 Å². The van der Waals surface area contributed by atoms with Gasteiger partial charge in [0.05, 0.1) is 0 Å². The van der Waals surface area contributed by atoms with E-state index in [1.54, 1.807) is 12.4 Å². The molecule has 3 rings (SSSR count). The molecule has 0 spiro atoms. The maximum Gasteiger partial charge on any atom is 0.136 e. The molecule has 71 valence electrons. The van der Waals surface area contributed by atoms with Gasteiger partial charge in [-0.05, 0) is 36.4 Å². The first kappa shape index (κ1) is 8.24. The van der Waals surface area contributed by atoms with Crippen LogP contribution in [-0.4, -0.2) is 4.98 Å². The Morgan fingerprint density at radius 1 is 1.27 bits per heavy atom. The van der Waals surface area contributed by atoms with Crippen molar-refractivity contribution < 1.29 is 4.42 Å². The number of hydrogen-bond acceptors (Lipinski definition) is 2. The van der Waals surface area contributed by atoms with Crippen LogP contribution in [0.15, 0.2) is 53.2 Å². The summed E-state index contributed by atoms with van der Waals surface area (Å²) >= 11 is 0. The van der Waals surface area contributed by atoms with Gasteiger partial charge < -0.3 is 4.42 Å². The van der Waals surface area contributed by atoms with Gasteiger partial charge in [-0.3, -0.25) is 4.98 Å². The van der Waals surface area contributed by atoms with Crippen molar-refractivity contribution in [3.63, 3.8) is 0 Å². The lowest BCUT2D eigenvalue weighted by Crippen LogP contribution is -1.73. The molecule has 0 atom stereocenters. The molecule has 15 heavy (non-hydrogen) atoms. The summed E-state index contributed by atoms with van der Waals surface area (Å²) in [6.45, 7) is 0. The van der Waals surface area contributed by atoms with Crippen molar-refractivity contribution in [1.29, 1.82) is 0 Å². The normalized spacial score (nSPS) is 10.7. The molecule has 2 aromatic heterocycles. The first-order chi connectivity index (χ1) is 7.43. The summed E-state index contributed by atoms with van der Waals surface area (Å²) in [4.78, 5) is 4.06. The zero-order chi connectivity index (χ0) is 10.1. The summed E-state index contributed by atoms with van der Waals surface area (Å²) < 4.78 is 5.69. The van der Waals surface area contributed by atoms with Crippen molar-refractivity contribution in [3.05, 3.63) is 54.9 Å². The lowest BCUT2D eigenvalue weighted by atomic mass is 10.2. The molecule has 0 N–H and O–H groups in total. The highest BCUT2D eigenvalue weighted by Gasteiger charge is 2.04. The molecule has 0 amide bonds. The zero-order valence-corrected chi connectivity index (χ0v) is 7.97. The predicted octanol–water partition coefficient (Wildman–Crippen LogP) is 3.29. The van der Waals surface area contributed by atoms with E-state index in [-0.39, 0.29) is 0 Å². The van der Waals surface area contributed by atoms with Crippen molar-refractivity contribution in [2.75, 3.05) is 0 Å². The fourth-order valence-electron chi connectivity index (χ4n) is 1.57. The van der Waals surface area contributed by atoms with Gasteiger partial charge in [-0.1, -0.05) is 6.07 Å². The second kappa shape index (κ2) is 3.24. The highest BCUT2D eigenvalue weighted by Crippen LogP contribution is 2.26. The van der Waals surface area contributed by atoms with Crippen LogP contribution in [0.5, 0.6) is 0 Å². The van der Waals surface area contributed by atoms with Gasteiger partial charge >= 0.3 is 0 Å². The van der Waals surface area contributed by atoms with Crippen LogP contribution in [0.2, 0.25) is 0 Å². The molecular formula is C13H8NO. The fraction of sp³-hybridized carbons (Fsp3) is 0. The molecule has 2 heterocycles. The first-order valence-electron chi connectivity index (χ1n) is 4.73. The molecule has 0 unspecified atom stereocenters. The molecule has 1 aromatic carbocycles. The number of benzene rings is 1. The number of hydrogen-bond donors (Lipinski definition) is 0. The Kier molecular flexibility index (Phi) is 1.78. The summed E-state index contributed by atoms with van der Waals surface area (Å²) in [5, 5.41) is 1.07. The Labute approximate surface area is 87.2 Å². The number of pyridine rings is 1. The third-order valence-corrected chi connectivity index (χ3v) is 2.31. The van der Waals surface area contributed by atoms with E-state index in [4.69, 9.17) is 4.42 Å². The minimum Gasteiger partial charge on any atom is -0.456 e. The van der Waals surface area contributed by atoms with E-state index in [9.17, 15) is 0 Å². The van der Waals surface area contributed by atoms with E-state index in [1.807, 2.05) is 36.4 Å². The number of furan rings is 1. The van der Waals surface area contributed by atoms with E-state index in [0.29, 0.717) is 0 Å². The number of fused-ring (bicyclic) bond motifs is 1. The predicted molar refractivity (Wildman–Crippen MR) is 58.3 cm³/mol. The van der Waals surface area contributed by atoms with Gasteiger partial charge in [0.2, 0.25) is 0 Å². The number of nitrogens with zero attached hydrogens (tertiary/aromatic N) is 1. The average Bonchev–Trinajstić information content (AvgIpc) is 2.74. The van der Waals surface area contributed by atoms with Gasteiger partial charge in [0.15, 0.2) is 0 Å². The largest absolute Gasteiger partial charge is 0.456 e. The Balaban J connectivity index is 2.21. The Hall–Kier alpha value is -2.09. The summed E-state index contributed by atoms with van der Waals surface area (Å²) in [5.74, 6) is 0.845. The summed E-state index contributed by atoms with van der Waals surface area (Å²) in [6, 6.07) is 14.6. The Bertz CT molecular complexity index is 551. The van der Waals surface area contributed by atoms with Gasteiger partial charge in [0.1, 0.15) is 11.3 Å². The number of rotatable bonds is 1. The van der Waals surface area contributed by atoms with Gasteiger partial charge in [-0.15, -0.1) is 0 Å². The topological polar surface area (TPSA) is 26.0 Å². The van der Waals surface area contributed by atoms with Crippen LogP contribution in [0.1, 0.15) is 0 Å². The highest BCUT2D eigenvalue weighted by molar-refractivity contribution is 5.82. The van der Waals surface area contributed by atoms with Crippen LogP contribution >= 0.6 is 0 Å². The van der Waals surface area contributed by atoms with Crippen molar-refractivity contribution in [3.8, 4) is 11.3 Å². The monoisotopic (exact) mass is 194 g/mol. The third kappa shape index (κ3) is 1.40. The smallest absolute Gasteiger partial charge is 0.136 e. The molecule has 1 radical (unpaired) electrons. The van der Waals surface area contributed by atoms with Crippen LogP contribution < -0.4 is 0 Å². The molecule has 0 aliphatic carbocycles. The number of aromatic nitrogens is 1. The van der Waals surface area contributed by atoms with Crippen molar-refractivity contribution >= 4 is 11.0 Å². The van der Waals surface area contributed by atoms with E-state index >= 15 is 0 Å². The molecule has 0 aliphatic rings. The third-order valence-electron chi connectivity index (χ3n) is 2.31. The van der Waals surface area contributed by atoms with Gasteiger partial charge in [-0.25, -0.2) is 0 Å². The molecule has 2 heteroatoms. The summed E-state index contributed by atoms with van der Waals surface area (Å²) in [7, 11) is 0. The van der Waals surface area contributed by atoms with E-state index < -0.39 is 0 Å². The van der Waals surface area contributed by atoms with E-state index in [2.05, 4.69) is 11.1 Å². The Morgan fingerprint density at radius 2 is 2.27 bits per heavy atom. The molecule has 0 fully saturated rings. The highest BCUT2D eigenvalue weighted by atomic mass is 16.3. The van der Waals surface area contributed by atoms with Gasteiger partial charge in [-0.2, -0.15) is 0 Å². The standard InChI is InChI=1S/C13H8NO/c1-2-6-12-10(4-1)8-13(15-12)11-5-3-7-14-9-11/h2-9H. The summed E-state index contributed by atoms with van der Waals surface area (Å²) in [5.41, 5.74) is 1.88. The van der Waals surface area contributed by atoms with Crippen molar-refractivity contribution in [2.24, 2.45) is 0 Å². The average molecular weight is 194 g/mol. The van der Waals surface area contributed by atoms with Gasteiger partial charge in [0.25, 0.3) is 0 Å². The summed E-state index contributed by atoms with van der Waals surface area (Å²) in [6.07, 6.45) is 3.54. The molecule has 0 saturated heterocycles. The van der Waals surface area contributed by atoms with E-state index in [1.165, 1.54) is 0 Å². The molecule has 0 saturated carbocycles. The second-order valence-electron chi connectivity index (χ2n) is 3.32. The van der Waals surface area contributed by atoms with Crippen molar-refractivity contribution in [2.45, 2.75) is 0 Å². The minimum atomic E-state index is 0.845. The molecular weight excluding hydrogens is 186 g/mol. The molecule has 0 aliphatic heterocycles. The lowest BCUT2D eigenvalue weighted by molar-refractivity contribution is 0.631. The van der Waals surface area contributed by atoms with Crippen LogP contribution in [0.25, 0.3) is 22.3 Å². The maximum absolute atomic E-state index is 5.69. The Morgan fingerprint density at radius 3 is 3.07 bits per heavy atom. The lowest BCUT2D eigenvalue weighted by Gasteiger charge is -1.92. The molecule has 0 bridgehead atoms. The van der Waals surface area contributed by atoms with Crippen LogP contribution in [0, 0.1) is 6.07 Å². The van der Waals surface area contributed by atoms with Crippen LogP contribution in [0.4, 0.5) is 0 Å². The fourth-order valence-corrected chi connectivity index (χ4v) is 1.57. The molecule has 2 nitrogen and oxygen atoms in total. The van der Waals surface area contributed by atoms with Crippen molar-refractivity contribution in [1.82, 2.24) is 4.98 Å². The second-order valence-corrected chi connectivity index (χ2v) is 3.32.